The zero-order valence-corrected chi connectivity index (χ0v) is 16.5. The number of nitrogens with zero attached hydrogens (tertiary/aromatic N) is 1. The molecule has 1 N–H and O–H groups in total. The van der Waals surface area contributed by atoms with E-state index in [4.69, 9.17) is 11.6 Å². The van der Waals surface area contributed by atoms with Crippen molar-refractivity contribution in [2.24, 2.45) is 0 Å². The number of carbonyl (C=O) groups excluding carboxylic acids is 1. The van der Waals surface area contributed by atoms with Gasteiger partial charge in [-0.05, 0) is 58.7 Å². The zero-order valence-electron chi connectivity index (χ0n) is 13.3. The highest BCUT2D eigenvalue weighted by molar-refractivity contribution is 9.10. The van der Waals surface area contributed by atoms with Crippen LogP contribution in [0.4, 0.5) is 5.69 Å². The Morgan fingerprint density at radius 2 is 1.83 bits per heavy atom. The number of sulfonamides is 1. The molecule has 0 aliphatic heterocycles. The maximum atomic E-state index is 12.5. The van der Waals surface area contributed by atoms with Crippen molar-refractivity contribution in [3.8, 4) is 0 Å². The molecule has 0 fully saturated rings. The van der Waals surface area contributed by atoms with E-state index in [9.17, 15) is 13.2 Å². The molecule has 1 amide bonds. The standard InChI is InChI=1S/C16H16BrClN2O3S/c1-10-4-7-15(13(17)8-10)19-16(21)12-9-11(5-6-14(12)18)24(22,23)20(2)3/h4-9H,1-3H3,(H,19,21). The van der Waals surface area contributed by atoms with Gasteiger partial charge in [0.25, 0.3) is 5.91 Å². The third-order valence-electron chi connectivity index (χ3n) is 3.33. The largest absolute Gasteiger partial charge is 0.321 e. The van der Waals surface area contributed by atoms with E-state index in [1.165, 1.54) is 32.3 Å². The number of halogens is 2. The molecule has 0 aliphatic carbocycles. The summed E-state index contributed by atoms with van der Waals surface area (Å²) >= 11 is 9.45. The van der Waals surface area contributed by atoms with E-state index in [-0.39, 0.29) is 15.5 Å². The van der Waals surface area contributed by atoms with Crippen molar-refractivity contribution in [1.29, 1.82) is 0 Å². The summed E-state index contributed by atoms with van der Waals surface area (Å²) in [5, 5.41) is 2.90. The molecule has 0 spiro atoms. The van der Waals surface area contributed by atoms with Crippen LogP contribution in [0.5, 0.6) is 0 Å². The molecule has 24 heavy (non-hydrogen) atoms. The SMILES string of the molecule is Cc1ccc(NC(=O)c2cc(S(=O)(=O)N(C)C)ccc2Cl)c(Br)c1. The first-order valence-electron chi connectivity index (χ1n) is 6.92. The lowest BCUT2D eigenvalue weighted by Gasteiger charge is -2.14. The summed E-state index contributed by atoms with van der Waals surface area (Å²) in [6, 6.07) is 9.52. The van der Waals surface area contributed by atoms with Crippen LogP contribution in [0, 0.1) is 6.92 Å². The number of rotatable bonds is 4. The monoisotopic (exact) mass is 430 g/mol. The van der Waals surface area contributed by atoms with E-state index in [2.05, 4.69) is 21.2 Å². The van der Waals surface area contributed by atoms with Gasteiger partial charge in [-0.1, -0.05) is 17.7 Å². The minimum absolute atomic E-state index is 0.00465. The number of aryl methyl sites for hydroxylation is 1. The fourth-order valence-corrected chi connectivity index (χ4v) is 3.68. The maximum absolute atomic E-state index is 12.5. The van der Waals surface area contributed by atoms with E-state index in [1.807, 2.05) is 19.1 Å². The lowest BCUT2D eigenvalue weighted by molar-refractivity contribution is 0.102. The number of benzene rings is 2. The van der Waals surface area contributed by atoms with Gasteiger partial charge >= 0.3 is 0 Å². The van der Waals surface area contributed by atoms with Crippen LogP contribution in [0.3, 0.4) is 0 Å². The number of carbonyl (C=O) groups is 1. The molecule has 0 unspecified atom stereocenters. The third kappa shape index (κ3) is 3.97. The van der Waals surface area contributed by atoms with E-state index in [1.54, 1.807) is 6.07 Å². The lowest BCUT2D eigenvalue weighted by atomic mass is 10.2. The minimum atomic E-state index is -3.65. The van der Waals surface area contributed by atoms with Crippen molar-refractivity contribution in [3.63, 3.8) is 0 Å². The molecule has 0 bridgehead atoms. The molecule has 2 aromatic carbocycles. The molecule has 0 heterocycles. The van der Waals surface area contributed by atoms with E-state index in [0.29, 0.717) is 5.69 Å². The average molecular weight is 432 g/mol. The Balaban J connectivity index is 2.39. The summed E-state index contributed by atoms with van der Waals surface area (Å²) in [5.74, 6) is -0.486. The predicted octanol–water partition coefficient (Wildman–Crippen LogP) is 3.91. The van der Waals surface area contributed by atoms with Crippen LogP contribution >= 0.6 is 27.5 Å². The minimum Gasteiger partial charge on any atom is -0.321 e. The highest BCUT2D eigenvalue weighted by Gasteiger charge is 2.21. The third-order valence-corrected chi connectivity index (χ3v) is 6.13. The molecule has 0 aliphatic rings. The van der Waals surface area contributed by atoms with Gasteiger partial charge in [-0.15, -0.1) is 0 Å². The predicted molar refractivity (Wildman–Crippen MR) is 99.2 cm³/mol. The zero-order chi connectivity index (χ0) is 18.1. The topological polar surface area (TPSA) is 66.5 Å². The molecule has 0 aromatic heterocycles. The second-order valence-electron chi connectivity index (χ2n) is 5.37. The van der Waals surface area contributed by atoms with Crippen LogP contribution in [-0.2, 0) is 10.0 Å². The summed E-state index contributed by atoms with van der Waals surface area (Å²) in [6.07, 6.45) is 0. The number of amides is 1. The van der Waals surface area contributed by atoms with Crippen molar-refractivity contribution in [3.05, 3.63) is 57.0 Å². The molecule has 2 rings (SSSR count). The Bertz CT molecular complexity index is 898. The van der Waals surface area contributed by atoms with Crippen molar-refractivity contribution in [1.82, 2.24) is 4.31 Å². The molecule has 2 aromatic rings. The van der Waals surface area contributed by atoms with Crippen molar-refractivity contribution in [2.45, 2.75) is 11.8 Å². The normalized spacial score (nSPS) is 11.6. The second-order valence-corrected chi connectivity index (χ2v) is 8.78. The Hall–Kier alpha value is -1.41. The van der Waals surface area contributed by atoms with E-state index >= 15 is 0 Å². The van der Waals surface area contributed by atoms with Crippen molar-refractivity contribution >= 4 is 49.1 Å². The van der Waals surface area contributed by atoms with Gasteiger partial charge in [0.15, 0.2) is 0 Å². The van der Waals surface area contributed by atoms with Crippen molar-refractivity contribution < 1.29 is 13.2 Å². The quantitative estimate of drug-likeness (QED) is 0.798. The molecule has 5 nitrogen and oxygen atoms in total. The van der Waals surface area contributed by atoms with Gasteiger partial charge in [0.2, 0.25) is 10.0 Å². The second kappa shape index (κ2) is 7.23. The van der Waals surface area contributed by atoms with Crippen LogP contribution in [0.2, 0.25) is 5.02 Å². The van der Waals surface area contributed by atoms with Gasteiger partial charge in [-0.2, -0.15) is 0 Å². The van der Waals surface area contributed by atoms with Gasteiger partial charge in [0, 0.05) is 18.6 Å². The van der Waals surface area contributed by atoms with Gasteiger partial charge in [0.1, 0.15) is 0 Å². The van der Waals surface area contributed by atoms with Gasteiger partial charge in [-0.25, -0.2) is 12.7 Å². The van der Waals surface area contributed by atoms with Crippen LogP contribution < -0.4 is 5.32 Å². The highest BCUT2D eigenvalue weighted by atomic mass is 79.9. The maximum Gasteiger partial charge on any atom is 0.257 e. The molecule has 0 atom stereocenters. The first-order valence-corrected chi connectivity index (χ1v) is 9.53. The Morgan fingerprint density at radius 1 is 1.17 bits per heavy atom. The highest BCUT2D eigenvalue weighted by Crippen LogP contribution is 2.26. The Morgan fingerprint density at radius 3 is 2.42 bits per heavy atom. The molecule has 8 heteroatoms. The molecule has 0 saturated heterocycles. The first kappa shape index (κ1) is 18.9. The fraction of sp³-hybridized carbons (Fsp3) is 0.188. The number of nitrogens with one attached hydrogen (secondary N) is 1. The summed E-state index contributed by atoms with van der Waals surface area (Å²) in [5.41, 5.74) is 1.70. The van der Waals surface area contributed by atoms with E-state index in [0.717, 1.165) is 14.3 Å². The molecular formula is C16H16BrClN2O3S. The molecule has 128 valence electrons. The average Bonchev–Trinajstić information content (AvgIpc) is 2.50. The number of hydrogen-bond acceptors (Lipinski definition) is 3. The molecular weight excluding hydrogens is 416 g/mol. The summed E-state index contributed by atoms with van der Waals surface area (Å²) in [4.78, 5) is 12.5. The fourth-order valence-electron chi connectivity index (χ4n) is 1.96. The Labute approximate surface area is 154 Å². The van der Waals surface area contributed by atoms with Crippen LogP contribution in [-0.4, -0.2) is 32.7 Å². The number of hydrogen-bond donors (Lipinski definition) is 1. The summed E-state index contributed by atoms with van der Waals surface area (Å²) < 4.78 is 26.2. The van der Waals surface area contributed by atoms with Gasteiger partial charge in [0.05, 0.1) is 21.2 Å². The smallest absolute Gasteiger partial charge is 0.257 e. The lowest BCUT2D eigenvalue weighted by Crippen LogP contribution is -2.23. The van der Waals surface area contributed by atoms with Crippen LogP contribution in [0.15, 0.2) is 45.8 Å². The first-order chi connectivity index (χ1) is 11.1. The summed E-state index contributed by atoms with van der Waals surface area (Å²) in [6.45, 7) is 1.93. The Kier molecular flexibility index (Phi) is 5.70. The van der Waals surface area contributed by atoms with Crippen LogP contribution in [0.25, 0.3) is 0 Å². The van der Waals surface area contributed by atoms with Gasteiger partial charge in [-0.3, -0.25) is 4.79 Å². The van der Waals surface area contributed by atoms with Gasteiger partial charge < -0.3 is 5.32 Å². The van der Waals surface area contributed by atoms with Crippen LogP contribution in [0.1, 0.15) is 15.9 Å². The number of anilines is 1. The summed E-state index contributed by atoms with van der Waals surface area (Å²) in [7, 11) is -0.803. The van der Waals surface area contributed by atoms with E-state index < -0.39 is 15.9 Å². The molecule has 0 saturated carbocycles. The molecule has 0 radical (unpaired) electrons. The van der Waals surface area contributed by atoms with Crippen molar-refractivity contribution in [2.75, 3.05) is 19.4 Å².